The Kier molecular flexibility index (Phi) is 4.61. The van der Waals surface area contributed by atoms with Crippen LogP contribution in [0.15, 0.2) is 12.1 Å². The number of ether oxygens (including phenoxy) is 1. The molecule has 18 heavy (non-hydrogen) atoms. The van der Waals surface area contributed by atoms with Crippen molar-refractivity contribution in [3.63, 3.8) is 0 Å². The van der Waals surface area contributed by atoms with Gasteiger partial charge >= 0.3 is 0 Å². The van der Waals surface area contributed by atoms with Gasteiger partial charge in [0.15, 0.2) is 23.5 Å². The summed E-state index contributed by atoms with van der Waals surface area (Å²) < 4.78 is 32.1. The van der Waals surface area contributed by atoms with Crippen LogP contribution in [-0.2, 0) is 11.2 Å². The minimum absolute atomic E-state index is 0.208. The average Bonchev–Trinajstić information content (AvgIpc) is 2.21. The Hall–Kier alpha value is -1.69. The third-order valence-corrected chi connectivity index (χ3v) is 2.31. The Morgan fingerprint density at radius 3 is 2.22 bits per heavy atom. The minimum Gasteiger partial charge on any atom is -0.475 e. The topological polar surface area (TPSA) is 78.3 Å². The van der Waals surface area contributed by atoms with Gasteiger partial charge in [0.1, 0.15) is 0 Å². The standard InChI is InChI=1S/C12H16F2N2O2/c1-6(15)3-8-4-9(13)11(10(14)5-8)18-7(2)12(16)17/h4-7H,3,15H2,1-2H3,(H2,16,17). The molecule has 0 saturated heterocycles. The molecule has 0 aliphatic rings. The number of nitrogens with two attached hydrogens (primary N) is 2. The highest BCUT2D eigenvalue weighted by molar-refractivity contribution is 5.78. The molecule has 4 nitrogen and oxygen atoms in total. The summed E-state index contributed by atoms with van der Waals surface area (Å²) in [5.74, 6) is -3.15. The van der Waals surface area contributed by atoms with Gasteiger partial charge in [0.25, 0.3) is 5.91 Å². The van der Waals surface area contributed by atoms with E-state index in [-0.39, 0.29) is 6.04 Å². The van der Waals surface area contributed by atoms with E-state index in [0.29, 0.717) is 12.0 Å². The molecule has 0 bridgehead atoms. The highest BCUT2D eigenvalue weighted by atomic mass is 19.1. The van der Waals surface area contributed by atoms with Gasteiger partial charge in [-0.25, -0.2) is 8.78 Å². The molecule has 1 aromatic rings. The molecule has 4 N–H and O–H groups in total. The Labute approximate surface area is 104 Å². The lowest BCUT2D eigenvalue weighted by Gasteiger charge is -2.14. The zero-order valence-electron chi connectivity index (χ0n) is 10.2. The first-order valence-corrected chi connectivity index (χ1v) is 5.50. The van der Waals surface area contributed by atoms with Crippen LogP contribution in [0.3, 0.4) is 0 Å². The predicted molar refractivity (Wildman–Crippen MR) is 63.0 cm³/mol. The van der Waals surface area contributed by atoms with Crippen LogP contribution in [0.1, 0.15) is 19.4 Å². The molecule has 0 spiro atoms. The number of carbonyl (C=O) groups is 1. The van der Waals surface area contributed by atoms with E-state index in [4.69, 9.17) is 16.2 Å². The number of primary amides is 1. The number of carbonyl (C=O) groups excluding carboxylic acids is 1. The SMILES string of the molecule is CC(N)Cc1cc(F)c(OC(C)C(N)=O)c(F)c1. The van der Waals surface area contributed by atoms with Crippen molar-refractivity contribution < 1.29 is 18.3 Å². The monoisotopic (exact) mass is 258 g/mol. The molecule has 1 rings (SSSR count). The molecule has 2 atom stereocenters. The van der Waals surface area contributed by atoms with Crippen LogP contribution in [0.25, 0.3) is 0 Å². The van der Waals surface area contributed by atoms with Crippen LogP contribution in [0.2, 0.25) is 0 Å². The second-order valence-corrected chi connectivity index (χ2v) is 4.23. The van der Waals surface area contributed by atoms with Crippen molar-refractivity contribution in [1.29, 1.82) is 0 Å². The number of hydrogen-bond acceptors (Lipinski definition) is 3. The van der Waals surface area contributed by atoms with Gasteiger partial charge in [0, 0.05) is 6.04 Å². The smallest absolute Gasteiger partial charge is 0.258 e. The molecule has 1 amide bonds. The van der Waals surface area contributed by atoms with Crippen molar-refractivity contribution >= 4 is 5.91 Å². The lowest BCUT2D eigenvalue weighted by molar-refractivity contribution is -0.124. The van der Waals surface area contributed by atoms with Crippen molar-refractivity contribution in [3.05, 3.63) is 29.3 Å². The summed E-state index contributed by atoms with van der Waals surface area (Å²) in [6.07, 6.45) is -0.757. The highest BCUT2D eigenvalue weighted by Gasteiger charge is 2.18. The lowest BCUT2D eigenvalue weighted by atomic mass is 10.1. The van der Waals surface area contributed by atoms with E-state index in [1.165, 1.54) is 6.92 Å². The maximum atomic E-state index is 13.6. The first-order chi connectivity index (χ1) is 8.31. The quantitative estimate of drug-likeness (QED) is 0.830. The van der Waals surface area contributed by atoms with Crippen LogP contribution in [-0.4, -0.2) is 18.1 Å². The number of rotatable bonds is 5. The minimum atomic E-state index is -1.10. The van der Waals surface area contributed by atoms with Crippen LogP contribution >= 0.6 is 0 Å². The molecule has 100 valence electrons. The Morgan fingerprint density at radius 1 is 1.33 bits per heavy atom. The predicted octanol–water partition coefficient (Wildman–Crippen LogP) is 1.11. The summed E-state index contributed by atoms with van der Waals surface area (Å²) in [5.41, 5.74) is 10.9. The van der Waals surface area contributed by atoms with Crippen LogP contribution in [0, 0.1) is 11.6 Å². The van der Waals surface area contributed by atoms with Gasteiger partial charge in [0.2, 0.25) is 0 Å². The molecule has 0 aromatic heterocycles. The first-order valence-electron chi connectivity index (χ1n) is 5.50. The summed E-state index contributed by atoms with van der Waals surface area (Å²) in [5, 5.41) is 0. The van der Waals surface area contributed by atoms with E-state index in [9.17, 15) is 13.6 Å². The number of halogens is 2. The van der Waals surface area contributed by atoms with Crippen LogP contribution < -0.4 is 16.2 Å². The van der Waals surface area contributed by atoms with Crippen molar-refractivity contribution in [1.82, 2.24) is 0 Å². The van der Waals surface area contributed by atoms with E-state index >= 15 is 0 Å². The Balaban J connectivity index is 2.97. The van der Waals surface area contributed by atoms with Gasteiger partial charge in [-0.3, -0.25) is 4.79 Å². The van der Waals surface area contributed by atoms with Gasteiger partial charge in [-0.2, -0.15) is 0 Å². The maximum absolute atomic E-state index is 13.6. The van der Waals surface area contributed by atoms with Crippen molar-refractivity contribution in [3.8, 4) is 5.75 Å². The summed E-state index contributed by atoms with van der Waals surface area (Å²) in [4.78, 5) is 10.8. The molecule has 0 radical (unpaired) electrons. The second-order valence-electron chi connectivity index (χ2n) is 4.23. The molecule has 0 aliphatic carbocycles. The van der Waals surface area contributed by atoms with Crippen LogP contribution in [0.5, 0.6) is 5.75 Å². The highest BCUT2D eigenvalue weighted by Crippen LogP contribution is 2.24. The average molecular weight is 258 g/mol. The van der Waals surface area contributed by atoms with Gasteiger partial charge in [-0.1, -0.05) is 0 Å². The second kappa shape index (κ2) is 5.77. The summed E-state index contributed by atoms with van der Waals surface area (Å²) in [7, 11) is 0. The van der Waals surface area contributed by atoms with Crippen molar-refractivity contribution in [2.45, 2.75) is 32.4 Å². The number of hydrogen-bond donors (Lipinski definition) is 2. The van der Waals surface area contributed by atoms with E-state index < -0.39 is 29.4 Å². The van der Waals surface area contributed by atoms with E-state index in [0.717, 1.165) is 12.1 Å². The third-order valence-electron chi connectivity index (χ3n) is 2.31. The van der Waals surface area contributed by atoms with Crippen molar-refractivity contribution in [2.75, 3.05) is 0 Å². The molecule has 0 aliphatic heterocycles. The molecule has 0 saturated carbocycles. The lowest BCUT2D eigenvalue weighted by Crippen LogP contribution is -2.31. The van der Waals surface area contributed by atoms with Gasteiger partial charge in [-0.05, 0) is 38.0 Å². The van der Waals surface area contributed by atoms with Crippen LogP contribution in [0.4, 0.5) is 8.78 Å². The summed E-state index contributed by atoms with van der Waals surface area (Å²) >= 11 is 0. The van der Waals surface area contributed by atoms with Crippen molar-refractivity contribution in [2.24, 2.45) is 11.5 Å². The molecular formula is C12H16F2N2O2. The Bertz CT molecular complexity index is 427. The normalized spacial score (nSPS) is 14.1. The molecule has 6 heteroatoms. The molecule has 0 fully saturated rings. The third kappa shape index (κ3) is 3.66. The van der Waals surface area contributed by atoms with E-state index in [1.807, 2.05) is 0 Å². The molecule has 0 heterocycles. The molecule has 2 unspecified atom stereocenters. The number of amides is 1. The molecular weight excluding hydrogens is 242 g/mol. The largest absolute Gasteiger partial charge is 0.475 e. The van der Waals surface area contributed by atoms with Gasteiger partial charge in [0.05, 0.1) is 0 Å². The maximum Gasteiger partial charge on any atom is 0.258 e. The zero-order valence-corrected chi connectivity index (χ0v) is 10.2. The fourth-order valence-corrected chi connectivity index (χ4v) is 1.45. The fourth-order valence-electron chi connectivity index (χ4n) is 1.45. The summed E-state index contributed by atoms with van der Waals surface area (Å²) in [6, 6.07) is 2.06. The number of benzene rings is 1. The van der Waals surface area contributed by atoms with Gasteiger partial charge < -0.3 is 16.2 Å². The summed E-state index contributed by atoms with van der Waals surface area (Å²) in [6.45, 7) is 3.05. The Morgan fingerprint density at radius 2 is 1.83 bits per heavy atom. The zero-order chi connectivity index (χ0) is 13.9. The van der Waals surface area contributed by atoms with E-state index in [1.54, 1.807) is 6.92 Å². The van der Waals surface area contributed by atoms with E-state index in [2.05, 4.69) is 0 Å². The fraction of sp³-hybridized carbons (Fsp3) is 0.417. The first kappa shape index (κ1) is 14.4. The molecule has 1 aromatic carbocycles. The van der Waals surface area contributed by atoms with Gasteiger partial charge in [-0.15, -0.1) is 0 Å².